The predicted molar refractivity (Wildman–Crippen MR) is 110 cm³/mol. The minimum absolute atomic E-state index is 0.726. The maximum absolute atomic E-state index is 6.40. The summed E-state index contributed by atoms with van der Waals surface area (Å²) in [7, 11) is 0. The average molecular weight is 387 g/mol. The number of hydrogen-bond acceptors (Lipinski definition) is 3. The molecule has 0 bridgehead atoms. The van der Waals surface area contributed by atoms with E-state index in [9.17, 15) is 0 Å². The molecule has 1 aliphatic rings. The number of H-pyrrole nitrogens is 1. The van der Waals surface area contributed by atoms with Crippen molar-refractivity contribution < 1.29 is 4.74 Å². The summed E-state index contributed by atoms with van der Waals surface area (Å²) >= 11 is 8.10. The Morgan fingerprint density at radius 1 is 1.15 bits per heavy atom. The van der Waals surface area contributed by atoms with E-state index in [4.69, 9.17) is 16.3 Å². The predicted octanol–water partition coefficient (Wildman–Crippen LogP) is 5.76. The Hall–Kier alpha value is -1.62. The lowest BCUT2D eigenvalue weighted by Gasteiger charge is -2.15. The van der Waals surface area contributed by atoms with Crippen LogP contribution in [0.25, 0.3) is 10.9 Å². The number of para-hydroxylation sites is 1. The number of aromatic nitrogens is 1. The van der Waals surface area contributed by atoms with Crippen molar-refractivity contribution in [2.45, 2.75) is 29.6 Å². The van der Waals surface area contributed by atoms with Crippen LogP contribution in [0.2, 0.25) is 5.02 Å². The largest absolute Gasteiger partial charge is 0.490 e. The van der Waals surface area contributed by atoms with Gasteiger partial charge in [0, 0.05) is 27.9 Å². The molecular formula is C21H23ClN2OS. The van der Waals surface area contributed by atoms with E-state index in [0.29, 0.717) is 0 Å². The summed E-state index contributed by atoms with van der Waals surface area (Å²) < 4.78 is 6.08. The number of fused-ring (bicyclic) bond motifs is 1. The molecule has 136 valence electrons. The van der Waals surface area contributed by atoms with Crippen LogP contribution in [0.15, 0.2) is 52.4 Å². The number of benzene rings is 2. The van der Waals surface area contributed by atoms with Crippen molar-refractivity contribution in [1.82, 2.24) is 9.88 Å². The molecule has 0 saturated carbocycles. The van der Waals surface area contributed by atoms with Crippen molar-refractivity contribution in [3.63, 3.8) is 0 Å². The molecule has 0 spiro atoms. The van der Waals surface area contributed by atoms with Gasteiger partial charge in [-0.1, -0.05) is 47.6 Å². The Balaban J connectivity index is 1.53. The molecule has 3 aromatic rings. The SMILES string of the molecule is Cc1cccc(Cl)c1Sc1c[nH]c2c(OCCN3CCCC3)cccc12. The smallest absolute Gasteiger partial charge is 0.143 e. The number of nitrogens with one attached hydrogen (secondary N) is 1. The normalized spacial score (nSPS) is 15.0. The van der Waals surface area contributed by atoms with Gasteiger partial charge in [-0.25, -0.2) is 0 Å². The molecule has 0 amide bonds. The number of halogens is 1. The van der Waals surface area contributed by atoms with Gasteiger partial charge in [0.1, 0.15) is 12.4 Å². The monoisotopic (exact) mass is 386 g/mol. The third kappa shape index (κ3) is 3.73. The van der Waals surface area contributed by atoms with Gasteiger partial charge >= 0.3 is 0 Å². The van der Waals surface area contributed by atoms with Crippen LogP contribution in [-0.2, 0) is 0 Å². The fourth-order valence-electron chi connectivity index (χ4n) is 3.45. The second kappa shape index (κ2) is 7.95. The van der Waals surface area contributed by atoms with Gasteiger partial charge in [0.05, 0.1) is 10.5 Å². The summed E-state index contributed by atoms with van der Waals surface area (Å²) in [6.07, 6.45) is 4.67. The standard InChI is InChI=1S/C21H23ClN2OS/c1-15-6-4-8-17(22)21(15)26-19-14-23-20-16(19)7-5-9-18(20)25-13-12-24-10-2-3-11-24/h4-9,14,23H,2-3,10-13H2,1H3. The molecule has 3 nitrogen and oxygen atoms in total. The highest BCUT2D eigenvalue weighted by Gasteiger charge is 2.14. The lowest BCUT2D eigenvalue weighted by molar-refractivity contribution is 0.239. The van der Waals surface area contributed by atoms with Crippen LogP contribution < -0.4 is 4.74 Å². The minimum atomic E-state index is 0.726. The highest BCUT2D eigenvalue weighted by atomic mass is 35.5. The fourth-order valence-corrected chi connectivity index (χ4v) is 4.80. The molecule has 1 saturated heterocycles. The summed E-state index contributed by atoms with van der Waals surface area (Å²) in [5, 5.41) is 1.97. The van der Waals surface area contributed by atoms with Crippen molar-refractivity contribution in [2.75, 3.05) is 26.2 Å². The van der Waals surface area contributed by atoms with E-state index < -0.39 is 0 Å². The number of aromatic amines is 1. The van der Waals surface area contributed by atoms with Gasteiger partial charge < -0.3 is 9.72 Å². The Morgan fingerprint density at radius 3 is 2.77 bits per heavy atom. The maximum atomic E-state index is 6.40. The lowest BCUT2D eigenvalue weighted by Crippen LogP contribution is -2.25. The van der Waals surface area contributed by atoms with Crippen molar-refractivity contribution in [3.05, 3.63) is 53.2 Å². The second-order valence-corrected chi connectivity index (χ2v) is 8.18. The average Bonchev–Trinajstić information content (AvgIpc) is 3.29. The first-order chi connectivity index (χ1) is 12.7. The molecule has 2 heterocycles. The van der Waals surface area contributed by atoms with Crippen LogP contribution in [-0.4, -0.2) is 36.1 Å². The van der Waals surface area contributed by atoms with Gasteiger partial charge in [0.15, 0.2) is 0 Å². The zero-order chi connectivity index (χ0) is 17.9. The van der Waals surface area contributed by atoms with Crippen LogP contribution in [0.1, 0.15) is 18.4 Å². The van der Waals surface area contributed by atoms with E-state index in [1.807, 2.05) is 24.4 Å². The highest BCUT2D eigenvalue weighted by molar-refractivity contribution is 7.99. The summed E-state index contributed by atoms with van der Waals surface area (Å²) in [4.78, 5) is 8.14. The maximum Gasteiger partial charge on any atom is 0.143 e. The quantitative estimate of drug-likeness (QED) is 0.584. The first-order valence-electron chi connectivity index (χ1n) is 9.10. The molecule has 1 N–H and O–H groups in total. The first kappa shape index (κ1) is 17.8. The van der Waals surface area contributed by atoms with E-state index in [0.717, 1.165) is 34.3 Å². The number of nitrogens with zero attached hydrogens (tertiary/aromatic N) is 1. The van der Waals surface area contributed by atoms with Gasteiger partial charge in [-0.2, -0.15) is 0 Å². The van der Waals surface area contributed by atoms with E-state index in [1.54, 1.807) is 11.8 Å². The van der Waals surface area contributed by atoms with E-state index >= 15 is 0 Å². The van der Waals surface area contributed by atoms with Gasteiger partial charge in [-0.05, 0) is 50.6 Å². The third-order valence-electron chi connectivity index (χ3n) is 4.88. The summed E-state index contributed by atoms with van der Waals surface area (Å²) in [6, 6.07) is 12.3. The van der Waals surface area contributed by atoms with Gasteiger partial charge in [-0.15, -0.1) is 0 Å². The molecule has 0 unspecified atom stereocenters. The van der Waals surface area contributed by atoms with E-state index in [1.165, 1.54) is 41.8 Å². The van der Waals surface area contributed by atoms with Crippen molar-refractivity contribution in [2.24, 2.45) is 0 Å². The topological polar surface area (TPSA) is 28.3 Å². The number of likely N-dealkylation sites (tertiary alicyclic amines) is 1. The number of hydrogen-bond donors (Lipinski definition) is 1. The van der Waals surface area contributed by atoms with Crippen LogP contribution >= 0.6 is 23.4 Å². The van der Waals surface area contributed by atoms with Gasteiger partial charge in [0.25, 0.3) is 0 Å². The first-order valence-corrected chi connectivity index (χ1v) is 10.3. The lowest BCUT2D eigenvalue weighted by atomic mass is 10.2. The Bertz CT molecular complexity index is 882. The van der Waals surface area contributed by atoms with Crippen molar-refractivity contribution in [3.8, 4) is 5.75 Å². The molecule has 2 aromatic carbocycles. The summed E-state index contributed by atoms with van der Waals surface area (Å²) in [5.74, 6) is 0.921. The fraction of sp³-hybridized carbons (Fsp3) is 0.333. The number of rotatable bonds is 6. The molecule has 0 radical (unpaired) electrons. The third-order valence-corrected chi connectivity index (χ3v) is 6.61. The molecular weight excluding hydrogens is 364 g/mol. The Labute approximate surface area is 163 Å². The van der Waals surface area contributed by atoms with E-state index in [-0.39, 0.29) is 0 Å². The molecule has 1 aliphatic heterocycles. The molecule has 5 heteroatoms. The van der Waals surface area contributed by atoms with E-state index in [2.05, 4.69) is 35.0 Å². The summed E-state index contributed by atoms with van der Waals surface area (Å²) in [6.45, 7) is 6.22. The van der Waals surface area contributed by atoms with Gasteiger partial charge in [0.2, 0.25) is 0 Å². The van der Waals surface area contributed by atoms with Crippen molar-refractivity contribution >= 4 is 34.3 Å². The Kier molecular flexibility index (Phi) is 5.44. The zero-order valence-corrected chi connectivity index (χ0v) is 16.5. The molecule has 0 atom stereocenters. The number of aryl methyl sites for hydroxylation is 1. The number of ether oxygens (including phenoxy) is 1. The Morgan fingerprint density at radius 2 is 1.96 bits per heavy atom. The zero-order valence-electron chi connectivity index (χ0n) is 14.9. The molecule has 26 heavy (non-hydrogen) atoms. The molecule has 0 aliphatic carbocycles. The van der Waals surface area contributed by atoms with Crippen LogP contribution in [0.4, 0.5) is 0 Å². The summed E-state index contributed by atoms with van der Waals surface area (Å²) in [5.41, 5.74) is 2.25. The second-order valence-electron chi connectivity index (χ2n) is 6.72. The molecule has 4 rings (SSSR count). The van der Waals surface area contributed by atoms with Crippen LogP contribution in [0.5, 0.6) is 5.75 Å². The van der Waals surface area contributed by atoms with Crippen molar-refractivity contribution in [1.29, 1.82) is 0 Å². The van der Waals surface area contributed by atoms with Crippen LogP contribution in [0.3, 0.4) is 0 Å². The van der Waals surface area contributed by atoms with Gasteiger partial charge in [-0.3, -0.25) is 4.90 Å². The minimum Gasteiger partial charge on any atom is -0.490 e. The molecule has 1 fully saturated rings. The molecule has 1 aromatic heterocycles. The van der Waals surface area contributed by atoms with Crippen LogP contribution in [0, 0.1) is 6.92 Å². The highest BCUT2D eigenvalue weighted by Crippen LogP contribution is 2.40.